The molecule has 0 spiro atoms. The molecule has 0 unspecified atom stereocenters. The smallest absolute Gasteiger partial charge is 0.255 e. The maximum atomic E-state index is 12.2. The van der Waals surface area contributed by atoms with E-state index in [1.807, 2.05) is 30.5 Å². The minimum atomic E-state index is -0.202. The quantitative estimate of drug-likeness (QED) is 0.704. The molecule has 2 aromatic heterocycles. The van der Waals surface area contributed by atoms with Gasteiger partial charge in [0.1, 0.15) is 5.15 Å². The van der Waals surface area contributed by atoms with Crippen molar-refractivity contribution in [2.24, 2.45) is 0 Å². The Morgan fingerprint density at radius 2 is 2.10 bits per heavy atom. The van der Waals surface area contributed by atoms with Crippen LogP contribution in [0.1, 0.15) is 16.1 Å². The van der Waals surface area contributed by atoms with Crippen LogP contribution < -0.4 is 5.32 Å². The highest BCUT2D eigenvalue weighted by molar-refractivity contribution is 6.29. The van der Waals surface area contributed by atoms with Gasteiger partial charge < -0.3 is 10.3 Å². The molecule has 0 bridgehead atoms. The van der Waals surface area contributed by atoms with E-state index in [1.54, 1.807) is 19.1 Å². The third kappa shape index (κ3) is 2.51. The van der Waals surface area contributed by atoms with Gasteiger partial charge in [-0.15, -0.1) is 0 Å². The molecule has 0 atom stereocenters. The zero-order valence-electron chi connectivity index (χ0n) is 10.8. The summed E-state index contributed by atoms with van der Waals surface area (Å²) in [6.45, 7) is 1.80. The van der Waals surface area contributed by atoms with Crippen molar-refractivity contribution < 1.29 is 4.79 Å². The number of nitrogens with zero attached hydrogens (tertiary/aromatic N) is 1. The topological polar surface area (TPSA) is 57.8 Å². The number of H-pyrrole nitrogens is 1. The number of fused-ring (bicyclic) bond motifs is 1. The Morgan fingerprint density at radius 3 is 2.90 bits per heavy atom. The second-order valence-corrected chi connectivity index (χ2v) is 4.94. The summed E-state index contributed by atoms with van der Waals surface area (Å²) in [4.78, 5) is 19.3. The minimum Gasteiger partial charge on any atom is -0.361 e. The summed E-state index contributed by atoms with van der Waals surface area (Å²) >= 11 is 5.87. The Balaban J connectivity index is 1.87. The van der Waals surface area contributed by atoms with Crippen molar-refractivity contribution in [2.75, 3.05) is 5.32 Å². The van der Waals surface area contributed by atoms with Crippen LogP contribution in [0.2, 0.25) is 5.15 Å². The van der Waals surface area contributed by atoms with Gasteiger partial charge in [0.25, 0.3) is 5.91 Å². The summed E-state index contributed by atoms with van der Waals surface area (Å²) in [5, 5.41) is 4.22. The Labute approximate surface area is 120 Å². The lowest BCUT2D eigenvalue weighted by molar-refractivity contribution is 0.102. The zero-order chi connectivity index (χ0) is 14.1. The van der Waals surface area contributed by atoms with Crippen molar-refractivity contribution in [3.05, 3.63) is 59.0 Å². The van der Waals surface area contributed by atoms with Crippen LogP contribution in [0.5, 0.6) is 0 Å². The molecular weight excluding hydrogens is 274 g/mol. The Morgan fingerprint density at radius 1 is 1.25 bits per heavy atom. The van der Waals surface area contributed by atoms with E-state index in [9.17, 15) is 4.79 Å². The van der Waals surface area contributed by atoms with E-state index in [-0.39, 0.29) is 5.91 Å². The zero-order valence-corrected chi connectivity index (χ0v) is 11.5. The lowest BCUT2D eigenvalue weighted by atomic mass is 10.2. The van der Waals surface area contributed by atoms with Crippen LogP contribution in [0.15, 0.2) is 42.6 Å². The van der Waals surface area contributed by atoms with Gasteiger partial charge >= 0.3 is 0 Å². The molecule has 0 radical (unpaired) electrons. The van der Waals surface area contributed by atoms with Crippen LogP contribution in [0.3, 0.4) is 0 Å². The largest absolute Gasteiger partial charge is 0.361 e. The molecule has 0 aliphatic heterocycles. The molecule has 20 heavy (non-hydrogen) atoms. The number of pyridine rings is 1. The van der Waals surface area contributed by atoms with Gasteiger partial charge in [0.2, 0.25) is 0 Å². The van der Waals surface area contributed by atoms with Crippen molar-refractivity contribution >= 4 is 34.1 Å². The number of amides is 1. The number of carbonyl (C=O) groups is 1. The van der Waals surface area contributed by atoms with Crippen LogP contribution in [-0.4, -0.2) is 15.9 Å². The average molecular weight is 286 g/mol. The summed E-state index contributed by atoms with van der Waals surface area (Å²) in [5.41, 5.74) is 2.99. The Kier molecular flexibility index (Phi) is 3.16. The van der Waals surface area contributed by atoms with E-state index < -0.39 is 0 Å². The molecule has 0 aliphatic rings. The van der Waals surface area contributed by atoms with Crippen LogP contribution in [-0.2, 0) is 0 Å². The molecule has 100 valence electrons. The van der Waals surface area contributed by atoms with Gasteiger partial charge in [-0.25, -0.2) is 4.98 Å². The van der Waals surface area contributed by atoms with Gasteiger partial charge in [0, 0.05) is 34.0 Å². The number of hydrogen-bond donors (Lipinski definition) is 2. The molecule has 1 aromatic carbocycles. The van der Waals surface area contributed by atoms with Gasteiger partial charge in [-0.05, 0) is 43.3 Å². The predicted octanol–water partition coefficient (Wildman–Crippen LogP) is 3.78. The fourth-order valence-electron chi connectivity index (χ4n) is 2.09. The number of nitrogens with one attached hydrogen (secondary N) is 2. The first-order chi connectivity index (χ1) is 9.61. The van der Waals surface area contributed by atoms with Crippen molar-refractivity contribution in [3.8, 4) is 0 Å². The van der Waals surface area contributed by atoms with E-state index in [0.29, 0.717) is 16.4 Å². The number of anilines is 1. The first kappa shape index (κ1) is 12.7. The lowest BCUT2D eigenvalue weighted by Crippen LogP contribution is -2.12. The summed E-state index contributed by atoms with van der Waals surface area (Å²) < 4.78 is 0. The lowest BCUT2D eigenvalue weighted by Gasteiger charge is -2.06. The maximum absolute atomic E-state index is 12.2. The van der Waals surface area contributed by atoms with E-state index in [2.05, 4.69) is 15.3 Å². The van der Waals surface area contributed by atoms with Crippen LogP contribution >= 0.6 is 11.6 Å². The van der Waals surface area contributed by atoms with Gasteiger partial charge in [0.15, 0.2) is 0 Å². The third-order valence-electron chi connectivity index (χ3n) is 3.00. The molecule has 0 saturated heterocycles. The highest BCUT2D eigenvalue weighted by Crippen LogP contribution is 2.19. The molecule has 4 nitrogen and oxygen atoms in total. The number of rotatable bonds is 2. The van der Waals surface area contributed by atoms with Gasteiger partial charge in [0.05, 0.1) is 0 Å². The number of hydrogen-bond acceptors (Lipinski definition) is 2. The van der Waals surface area contributed by atoms with Gasteiger partial charge in [-0.1, -0.05) is 11.6 Å². The fourth-order valence-corrected chi connectivity index (χ4v) is 2.34. The standard InChI is InChI=1S/C15H12ClN3O/c1-9-6-11(8-14(16)18-9)15(20)19-12-2-3-13-10(7-12)4-5-17-13/h2-8,17H,1H3,(H,19,20). The van der Waals surface area contributed by atoms with E-state index in [4.69, 9.17) is 11.6 Å². The summed E-state index contributed by atoms with van der Waals surface area (Å²) in [6.07, 6.45) is 1.86. The van der Waals surface area contributed by atoms with Gasteiger partial charge in [-0.3, -0.25) is 4.79 Å². The minimum absolute atomic E-state index is 0.202. The van der Waals surface area contributed by atoms with Crippen LogP contribution in [0.4, 0.5) is 5.69 Å². The van der Waals surface area contributed by atoms with Crippen LogP contribution in [0, 0.1) is 6.92 Å². The first-order valence-electron chi connectivity index (χ1n) is 6.14. The molecule has 3 rings (SSSR count). The van der Waals surface area contributed by atoms with E-state index >= 15 is 0 Å². The predicted molar refractivity (Wildman–Crippen MR) is 80.2 cm³/mol. The molecule has 0 saturated carbocycles. The Hall–Kier alpha value is -2.33. The number of aryl methyl sites for hydroxylation is 1. The third-order valence-corrected chi connectivity index (χ3v) is 3.19. The monoisotopic (exact) mass is 285 g/mol. The Bertz CT molecular complexity index is 774. The molecule has 5 heteroatoms. The molecular formula is C15H12ClN3O. The molecule has 1 amide bonds. The second kappa shape index (κ2) is 4.98. The number of aromatic amines is 1. The molecule has 0 aliphatic carbocycles. The highest BCUT2D eigenvalue weighted by atomic mass is 35.5. The van der Waals surface area contributed by atoms with Crippen molar-refractivity contribution in [2.45, 2.75) is 6.92 Å². The number of carbonyl (C=O) groups excluding carboxylic acids is 1. The summed E-state index contributed by atoms with van der Waals surface area (Å²) in [5.74, 6) is -0.202. The summed E-state index contributed by atoms with van der Waals surface area (Å²) in [6, 6.07) is 10.9. The van der Waals surface area contributed by atoms with Crippen LogP contribution in [0.25, 0.3) is 10.9 Å². The van der Waals surface area contributed by atoms with Crippen molar-refractivity contribution in [3.63, 3.8) is 0 Å². The summed E-state index contributed by atoms with van der Waals surface area (Å²) in [7, 11) is 0. The SMILES string of the molecule is Cc1cc(C(=O)Nc2ccc3[nH]ccc3c2)cc(Cl)n1. The van der Waals surface area contributed by atoms with Crippen molar-refractivity contribution in [1.82, 2.24) is 9.97 Å². The molecule has 2 heterocycles. The fraction of sp³-hybridized carbons (Fsp3) is 0.0667. The highest BCUT2D eigenvalue weighted by Gasteiger charge is 2.09. The van der Waals surface area contributed by atoms with Gasteiger partial charge in [-0.2, -0.15) is 0 Å². The molecule has 3 aromatic rings. The average Bonchev–Trinajstić information content (AvgIpc) is 2.85. The molecule has 0 fully saturated rings. The van der Waals surface area contributed by atoms with E-state index in [0.717, 1.165) is 16.6 Å². The van der Waals surface area contributed by atoms with E-state index in [1.165, 1.54) is 0 Å². The number of aromatic nitrogens is 2. The normalized spacial score (nSPS) is 10.7. The van der Waals surface area contributed by atoms with Crippen molar-refractivity contribution in [1.29, 1.82) is 0 Å². The maximum Gasteiger partial charge on any atom is 0.255 e. The number of halogens is 1. The number of benzene rings is 1. The molecule has 2 N–H and O–H groups in total. The first-order valence-corrected chi connectivity index (χ1v) is 6.52. The second-order valence-electron chi connectivity index (χ2n) is 4.55.